The first-order valence-electron chi connectivity index (χ1n) is 5.32. The lowest BCUT2D eigenvalue weighted by Crippen LogP contribution is -2.02. The molecule has 4 N–H and O–H groups in total. The van der Waals surface area contributed by atoms with Crippen LogP contribution in [0.25, 0.3) is 21.9 Å². The summed E-state index contributed by atoms with van der Waals surface area (Å²) < 4.78 is 5.27. The number of aromatic hydroxyl groups is 4. The maximum atomic E-state index is 12.2. The largest absolute Gasteiger partial charge is 0.508 e. The van der Waals surface area contributed by atoms with Crippen LogP contribution in [0.1, 0.15) is 0 Å². The number of hydrogen-bond acceptors (Lipinski definition) is 6. The summed E-state index contributed by atoms with van der Waals surface area (Å²) in [4.78, 5) is 12.2. The summed E-state index contributed by atoms with van der Waals surface area (Å²) in [6.07, 6.45) is 0. The van der Waals surface area contributed by atoms with Crippen molar-refractivity contribution in [3.05, 3.63) is 34.5 Å². The second-order valence-corrected chi connectivity index (χ2v) is 4.08. The monoisotopic (exact) mass is 260 g/mol. The van der Waals surface area contributed by atoms with Crippen LogP contribution in [0.3, 0.4) is 0 Å². The summed E-state index contributed by atoms with van der Waals surface area (Å²) in [5, 5.41) is 38.0. The van der Waals surface area contributed by atoms with Crippen molar-refractivity contribution in [3.8, 4) is 23.0 Å². The summed E-state index contributed by atoms with van der Waals surface area (Å²) in [5.74, 6) is -1.70. The van der Waals surface area contributed by atoms with Gasteiger partial charge < -0.3 is 24.8 Å². The highest BCUT2D eigenvalue weighted by molar-refractivity contribution is 5.96. The molecule has 0 aliphatic carbocycles. The molecule has 1 heterocycles. The van der Waals surface area contributed by atoms with Crippen molar-refractivity contribution in [1.29, 1.82) is 0 Å². The molecule has 0 atom stereocenters. The third-order valence-corrected chi connectivity index (χ3v) is 2.86. The summed E-state index contributed by atoms with van der Waals surface area (Å²) in [6, 6.07) is 4.59. The maximum Gasteiger partial charge on any atom is 0.204 e. The Labute approximate surface area is 105 Å². The normalized spacial score (nSPS) is 11.2. The molecule has 0 unspecified atom stereocenters. The number of phenols is 4. The molecule has 6 heteroatoms. The van der Waals surface area contributed by atoms with E-state index in [-0.39, 0.29) is 27.7 Å². The van der Waals surface area contributed by atoms with Crippen LogP contribution in [0.4, 0.5) is 0 Å². The molecule has 0 saturated heterocycles. The van der Waals surface area contributed by atoms with Gasteiger partial charge in [0.25, 0.3) is 0 Å². The van der Waals surface area contributed by atoms with Crippen molar-refractivity contribution < 1.29 is 24.8 Å². The van der Waals surface area contributed by atoms with E-state index >= 15 is 0 Å². The second-order valence-electron chi connectivity index (χ2n) is 4.08. The first kappa shape index (κ1) is 11.2. The fourth-order valence-electron chi connectivity index (χ4n) is 1.98. The minimum Gasteiger partial charge on any atom is -0.508 e. The van der Waals surface area contributed by atoms with E-state index in [2.05, 4.69) is 0 Å². The molecule has 2 aromatic carbocycles. The van der Waals surface area contributed by atoms with Gasteiger partial charge in [-0.2, -0.15) is 0 Å². The van der Waals surface area contributed by atoms with Crippen molar-refractivity contribution in [2.24, 2.45) is 0 Å². The van der Waals surface area contributed by atoms with Crippen molar-refractivity contribution in [2.45, 2.75) is 0 Å². The summed E-state index contributed by atoms with van der Waals surface area (Å²) in [5.41, 5.74) is -0.859. The highest BCUT2D eigenvalue weighted by atomic mass is 16.4. The number of fused-ring (bicyclic) bond motifs is 2. The molecule has 0 aliphatic heterocycles. The quantitative estimate of drug-likeness (QED) is 0.362. The molecule has 0 saturated carbocycles. The molecule has 19 heavy (non-hydrogen) atoms. The molecule has 3 rings (SSSR count). The number of benzene rings is 2. The van der Waals surface area contributed by atoms with Crippen LogP contribution < -0.4 is 5.43 Å². The van der Waals surface area contributed by atoms with Crippen molar-refractivity contribution >= 4 is 21.9 Å². The highest BCUT2D eigenvalue weighted by Crippen LogP contribution is 2.36. The van der Waals surface area contributed by atoms with E-state index in [0.29, 0.717) is 0 Å². The van der Waals surface area contributed by atoms with Crippen LogP contribution in [0.5, 0.6) is 23.0 Å². The van der Waals surface area contributed by atoms with Crippen LogP contribution in [-0.4, -0.2) is 20.4 Å². The lowest BCUT2D eigenvalue weighted by Gasteiger charge is -2.06. The standard InChI is InChI=1S/C13H8O6/c14-5-3-8(16)10-9(4-5)19-13-6(11(10)17)1-2-7(15)12(13)18/h1-4,14-16,18H. The Morgan fingerprint density at radius 2 is 1.68 bits per heavy atom. The van der Waals surface area contributed by atoms with Gasteiger partial charge in [-0.3, -0.25) is 4.79 Å². The number of phenolic OH excluding ortho intramolecular Hbond substituents is 4. The Hall–Kier alpha value is -2.89. The first-order chi connectivity index (χ1) is 8.99. The Morgan fingerprint density at radius 3 is 2.42 bits per heavy atom. The summed E-state index contributed by atoms with van der Waals surface area (Å²) in [6.45, 7) is 0. The molecule has 0 bridgehead atoms. The molecule has 0 fully saturated rings. The fourth-order valence-corrected chi connectivity index (χ4v) is 1.98. The minimum absolute atomic E-state index is 0.0174. The lowest BCUT2D eigenvalue weighted by molar-refractivity contribution is 0.401. The molecule has 0 aliphatic rings. The predicted molar refractivity (Wildman–Crippen MR) is 66.6 cm³/mol. The molecule has 0 spiro atoms. The van der Waals surface area contributed by atoms with E-state index in [1.165, 1.54) is 6.07 Å². The fraction of sp³-hybridized carbons (Fsp3) is 0. The van der Waals surface area contributed by atoms with Gasteiger partial charge in [0.1, 0.15) is 22.5 Å². The SMILES string of the molecule is O=c1c2ccc(O)c(O)c2oc2cc(O)cc(O)c12. The van der Waals surface area contributed by atoms with Gasteiger partial charge in [-0.1, -0.05) is 0 Å². The summed E-state index contributed by atoms with van der Waals surface area (Å²) >= 11 is 0. The van der Waals surface area contributed by atoms with Crippen LogP contribution in [0.2, 0.25) is 0 Å². The van der Waals surface area contributed by atoms with Crippen LogP contribution >= 0.6 is 0 Å². The van der Waals surface area contributed by atoms with Gasteiger partial charge in [0.2, 0.25) is 11.2 Å². The molecule has 96 valence electrons. The molecule has 0 amide bonds. The Balaban J connectivity index is 2.64. The van der Waals surface area contributed by atoms with Gasteiger partial charge in [-0.25, -0.2) is 0 Å². The third-order valence-electron chi connectivity index (χ3n) is 2.86. The van der Waals surface area contributed by atoms with Crippen molar-refractivity contribution in [2.75, 3.05) is 0 Å². The maximum absolute atomic E-state index is 12.2. The Morgan fingerprint density at radius 1 is 0.947 bits per heavy atom. The predicted octanol–water partition coefficient (Wildman–Crippen LogP) is 1.77. The molecule has 6 nitrogen and oxygen atoms in total. The molecular formula is C13H8O6. The third kappa shape index (κ3) is 1.46. The van der Waals surface area contributed by atoms with Crippen molar-refractivity contribution in [3.63, 3.8) is 0 Å². The molecule has 1 aromatic heterocycles. The van der Waals surface area contributed by atoms with E-state index in [1.807, 2.05) is 0 Å². The van der Waals surface area contributed by atoms with E-state index in [0.717, 1.165) is 18.2 Å². The molecule has 0 radical (unpaired) electrons. The van der Waals surface area contributed by atoms with Crippen LogP contribution in [0.15, 0.2) is 33.5 Å². The minimum atomic E-state index is -0.570. The van der Waals surface area contributed by atoms with E-state index < -0.39 is 22.7 Å². The Kier molecular flexibility index (Phi) is 2.10. The zero-order valence-corrected chi connectivity index (χ0v) is 9.41. The average Bonchev–Trinajstić information content (AvgIpc) is 2.33. The van der Waals surface area contributed by atoms with Gasteiger partial charge >= 0.3 is 0 Å². The lowest BCUT2D eigenvalue weighted by atomic mass is 10.1. The van der Waals surface area contributed by atoms with Gasteiger partial charge in [-0.15, -0.1) is 0 Å². The average molecular weight is 260 g/mol. The highest BCUT2D eigenvalue weighted by Gasteiger charge is 2.16. The summed E-state index contributed by atoms with van der Waals surface area (Å²) in [7, 11) is 0. The second kappa shape index (κ2) is 3.55. The van der Waals surface area contributed by atoms with Crippen LogP contribution in [0, 0.1) is 0 Å². The van der Waals surface area contributed by atoms with Crippen molar-refractivity contribution in [1.82, 2.24) is 0 Å². The zero-order valence-electron chi connectivity index (χ0n) is 9.41. The van der Waals surface area contributed by atoms with Gasteiger partial charge in [0.15, 0.2) is 11.3 Å². The topological polar surface area (TPSA) is 111 Å². The van der Waals surface area contributed by atoms with Gasteiger partial charge in [0.05, 0.1) is 5.39 Å². The van der Waals surface area contributed by atoms with E-state index in [9.17, 15) is 25.2 Å². The zero-order chi connectivity index (χ0) is 13.7. The van der Waals surface area contributed by atoms with E-state index in [1.54, 1.807) is 0 Å². The smallest absolute Gasteiger partial charge is 0.204 e. The van der Waals surface area contributed by atoms with Crippen LogP contribution in [-0.2, 0) is 0 Å². The van der Waals surface area contributed by atoms with E-state index in [4.69, 9.17) is 4.42 Å². The van der Waals surface area contributed by atoms with Gasteiger partial charge in [-0.05, 0) is 12.1 Å². The Bertz CT molecular complexity index is 878. The van der Waals surface area contributed by atoms with Gasteiger partial charge in [0, 0.05) is 12.1 Å². The first-order valence-corrected chi connectivity index (χ1v) is 5.32. The number of hydrogen-bond donors (Lipinski definition) is 4. The number of rotatable bonds is 0. The molecular weight excluding hydrogens is 252 g/mol. The molecule has 3 aromatic rings.